The van der Waals surface area contributed by atoms with Gasteiger partial charge in [-0.2, -0.15) is 5.10 Å². The minimum Gasteiger partial charge on any atom is -0.406 e. The molecule has 0 saturated carbocycles. The van der Waals surface area contributed by atoms with Gasteiger partial charge in [-0.3, -0.25) is 4.90 Å². The summed E-state index contributed by atoms with van der Waals surface area (Å²) in [7, 11) is 0. The van der Waals surface area contributed by atoms with Gasteiger partial charge in [-0.1, -0.05) is 36.8 Å². The second-order valence-corrected chi connectivity index (χ2v) is 9.02. The van der Waals surface area contributed by atoms with Crippen molar-refractivity contribution in [2.24, 2.45) is 0 Å². The smallest absolute Gasteiger partial charge is 0.406 e. The molecule has 34 heavy (non-hydrogen) atoms. The molecule has 2 aliphatic rings. The van der Waals surface area contributed by atoms with Crippen molar-refractivity contribution in [2.75, 3.05) is 18.4 Å². The second-order valence-electron chi connectivity index (χ2n) is 9.02. The number of ether oxygens (including phenoxy) is 1. The average Bonchev–Trinajstić information content (AvgIpc) is 3.00. The fraction of sp³-hybridized carbons (Fsp3) is 0.423. The third kappa shape index (κ3) is 5.06. The Morgan fingerprint density at radius 1 is 0.971 bits per heavy atom. The van der Waals surface area contributed by atoms with E-state index in [0.717, 1.165) is 68.9 Å². The van der Waals surface area contributed by atoms with E-state index in [-0.39, 0.29) is 11.8 Å². The number of aromatic nitrogens is 2. The molecule has 1 N–H and O–H groups in total. The van der Waals surface area contributed by atoms with Crippen LogP contribution in [0.15, 0.2) is 54.6 Å². The summed E-state index contributed by atoms with van der Waals surface area (Å²) in [6.45, 7) is 2.76. The molecular formula is C26H29F3N4O. The first-order valence-electron chi connectivity index (χ1n) is 12.0. The van der Waals surface area contributed by atoms with Crippen molar-refractivity contribution in [3.8, 4) is 11.4 Å². The predicted octanol–water partition coefficient (Wildman–Crippen LogP) is 6.25. The number of nitrogens with zero attached hydrogens (tertiary/aromatic N) is 3. The van der Waals surface area contributed by atoms with Crippen LogP contribution in [0.4, 0.5) is 19.0 Å². The normalized spacial score (nSPS) is 19.2. The van der Waals surface area contributed by atoms with E-state index in [2.05, 4.69) is 39.2 Å². The number of hydrogen-bond acceptors (Lipinski definition) is 4. The molecule has 1 unspecified atom stereocenters. The van der Waals surface area contributed by atoms with E-state index in [1.807, 2.05) is 10.7 Å². The number of alkyl halides is 3. The number of piperidine rings is 1. The summed E-state index contributed by atoms with van der Waals surface area (Å²) in [6, 6.07) is 16.7. The van der Waals surface area contributed by atoms with Gasteiger partial charge in [0, 0.05) is 18.7 Å². The van der Waals surface area contributed by atoms with Gasteiger partial charge in [0.15, 0.2) is 0 Å². The Hall–Kier alpha value is -3.00. The van der Waals surface area contributed by atoms with Crippen LogP contribution >= 0.6 is 0 Å². The van der Waals surface area contributed by atoms with Gasteiger partial charge in [0.25, 0.3) is 0 Å². The van der Waals surface area contributed by atoms with Gasteiger partial charge in [-0.05, 0) is 68.5 Å². The molecule has 0 spiro atoms. The number of anilines is 1. The summed E-state index contributed by atoms with van der Waals surface area (Å²) in [4.78, 5) is 2.52. The molecule has 180 valence electrons. The van der Waals surface area contributed by atoms with E-state index < -0.39 is 6.36 Å². The van der Waals surface area contributed by atoms with Gasteiger partial charge >= 0.3 is 6.36 Å². The molecule has 0 bridgehead atoms. The molecule has 2 aliphatic heterocycles. The third-order valence-electron chi connectivity index (χ3n) is 6.63. The Morgan fingerprint density at radius 2 is 1.76 bits per heavy atom. The maximum absolute atomic E-state index is 12.6. The second kappa shape index (κ2) is 9.70. The Kier molecular flexibility index (Phi) is 6.50. The van der Waals surface area contributed by atoms with Crippen molar-refractivity contribution in [3.63, 3.8) is 0 Å². The molecule has 0 aliphatic carbocycles. The lowest BCUT2D eigenvalue weighted by atomic mass is 9.94. The minimum absolute atomic E-state index is 0.219. The molecule has 1 aromatic heterocycles. The molecule has 1 atom stereocenters. The van der Waals surface area contributed by atoms with Crippen molar-refractivity contribution >= 4 is 5.82 Å². The molecule has 1 fully saturated rings. The molecule has 2 aromatic carbocycles. The fourth-order valence-corrected chi connectivity index (χ4v) is 5.08. The lowest BCUT2D eigenvalue weighted by molar-refractivity contribution is -0.274. The number of benzene rings is 2. The summed E-state index contributed by atoms with van der Waals surface area (Å²) in [5.41, 5.74) is 4.34. The number of halogens is 3. The van der Waals surface area contributed by atoms with Gasteiger partial charge < -0.3 is 10.1 Å². The van der Waals surface area contributed by atoms with Crippen LogP contribution in [0.2, 0.25) is 0 Å². The minimum atomic E-state index is -4.71. The average molecular weight is 471 g/mol. The Morgan fingerprint density at radius 3 is 2.53 bits per heavy atom. The Balaban J connectivity index is 1.49. The fourth-order valence-electron chi connectivity index (χ4n) is 5.08. The van der Waals surface area contributed by atoms with E-state index >= 15 is 0 Å². The van der Waals surface area contributed by atoms with Crippen LogP contribution in [0.25, 0.3) is 5.69 Å². The molecule has 3 aromatic rings. The standard InChI is InChI=1S/C26H29F3N4O/c27-26(28,29)34-21-14-12-20(13-15-21)33-25-22(10-4-6-16-30-25)24(31-33)23-11-5-7-17-32(23)18-19-8-2-1-3-9-19/h1-3,8-9,12-15,23,30H,4-7,10-11,16-18H2. The van der Waals surface area contributed by atoms with Crippen LogP contribution in [0.5, 0.6) is 5.75 Å². The van der Waals surface area contributed by atoms with Crippen molar-refractivity contribution in [1.29, 1.82) is 0 Å². The lowest BCUT2D eigenvalue weighted by Crippen LogP contribution is -2.33. The number of nitrogens with one attached hydrogen (secondary N) is 1. The Labute approximate surface area is 197 Å². The van der Waals surface area contributed by atoms with Crippen LogP contribution in [0, 0.1) is 0 Å². The van der Waals surface area contributed by atoms with Crippen LogP contribution < -0.4 is 10.1 Å². The number of hydrogen-bond donors (Lipinski definition) is 1. The maximum Gasteiger partial charge on any atom is 0.573 e. The van der Waals surface area contributed by atoms with Crippen molar-refractivity contribution in [1.82, 2.24) is 14.7 Å². The number of rotatable bonds is 5. The highest BCUT2D eigenvalue weighted by atomic mass is 19.4. The summed E-state index contributed by atoms with van der Waals surface area (Å²) in [6.07, 6.45) is 1.78. The zero-order valence-electron chi connectivity index (χ0n) is 19.0. The van der Waals surface area contributed by atoms with Crippen molar-refractivity contribution < 1.29 is 17.9 Å². The first-order valence-corrected chi connectivity index (χ1v) is 12.0. The zero-order valence-corrected chi connectivity index (χ0v) is 19.0. The highest BCUT2D eigenvalue weighted by Gasteiger charge is 2.33. The molecule has 0 radical (unpaired) electrons. The third-order valence-corrected chi connectivity index (χ3v) is 6.63. The summed E-state index contributed by atoms with van der Waals surface area (Å²) in [5, 5.41) is 8.61. The molecule has 5 nitrogen and oxygen atoms in total. The SMILES string of the molecule is FC(F)(F)Oc1ccc(-n2nc(C3CCCCN3Cc3ccccc3)c3c2NCCCC3)cc1. The zero-order chi connectivity index (χ0) is 23.5. The molecular weight excluding hydrogens is 441 g/mol. The van der Waals surface area contributed by atoms with E-state index in [4.69, 9.17) is 5.10 Å². The van der Waals surface area contributed by atoms with Crippen LogP contribution in [0.3, 0.4) is 0 Å². The van der Waals surface area contributed by atoms with Gasteiger partial charge in [0.2, 0.25) is 0 Å². The summed E-state index contributed by atoms with van der Waals surface area (Å²) >= 11 is 0. The first-order chi connectivity index (χ1) is 16.5. The maximum atomic E-state index is 12.6. The number of fused-ring (bicyclic) bond motifs is 1. The highest BCUT2D eigenvalue weighted by Crippen LogP contribution is 2.38. The molecule has 1 saturated heterocycles. The van der Waals surface area contributed by atoms with Gasteiger partial charge in [-0.15, -0.1) is 13.2 Å². The lowest BCUT2D eigenvalue weighted by Gasteiger charge is -2.35. The van der Waals surface area contributed by atoms with E-state index in [1.54, 1.807) is 12.1 Å². The first kappa shape index (κ1) is 22.8. The van der Waals surface area contributed by atoms with E-state index in [0.29, 0.717) is 0 Å². The quantitative estimate of drug-likeness (QED) is 0.479. The monoisotopic (exact) mass is 470 g/mol. The van der Waals surface area contributed by atoms with Gasteiger partial charge in [-0.25, -0.2) is 4.68 Å². The summed E-state index contributed by atoms with van der Waals surface area (Å²) in [5.74, 6) is 0.728. The molecule has 3 heterocycles. The number of likely N-dealkylation sites (tertiary alicyclic amines) is 1. The molecule has 5 rings (SSSR count). The van der Waals surface area contributed by atoms with E-state index in [1.165, 1.54) is 29.7 Å². The van der Waals surface area contributed by atoms with Crippen molar-refractivity contribution in [2.45, 2.75) is 57.5 Å². The molecule has 8 heteroatoms. The van der Waals surface area contributed by atoms with E-state index in [9.17, 15) is 13.2 Å². The van der Waals surface area contributed by atoms with Crippen LogP contribution in [-0.2, 0) is 13.0 Å². The molecule has 0 amide bonds. The van der Waals surface area contributed by atoms with Gasteiger partial charge in [0.05, 0.1) is 17.4 Å². The van der Waals surface area contributed by atoms with Crippen LogP contribution in [-0.4, -0.2) is 34.1 Å². The predicted molar refractivity (Wildman–Crippen MR) is 125 cm³/mol. The summed E-state index contributed by atoms with van der Waals surface area (Å²) < 4.78 is 43.7. The van der Waals surface area contributed by atoms with Crippen molar-refractivity contribution in [3.05, 3.63) is 71.4 Å². The largest absolute Gasteiger partial charge is 0.573 e. The topological polar surface area (TPSA) is 42.3 Å². The van der Waals surface area contributed by atoms with Crippen LogP contribution in [0.1, 0.15) is 55.0 Å². The highest BCUT2D eigenvalue weighted by molar-refractivity contribution is 5.55. The Bertz CT molecular complexity index is 1100. The van der Waals surface area contributed by atoms with Gasteiger partial charge in [0.1, 0.15) is 11.6 Å².